The molecule has 0 amide bonds. The second-order valence-corrected chi connectivity index (χ2v) is 5.54. The van der Waals surface area contributed by atoms with E-state index in [1.54, 1.807) is 12.1 Å². The Morgan fingerprint density at radius 3 is 2.39 bits per heavy atom. The summed E-state index contributed by atoms with van der Waals surface area (Å²) in [5.74, 6) is -0.0676. The highest BCUT2D eigenvalue weighted by Gasteiger charge is 2.18. The molecule has 0 radical (unpaired) electrons. The standard InChI is InChI=1S/C15H22FNO/c1-15(2,9-10-17)8-7-14(18)11-12-3-5-13(16)6-4-12/h3-6H,7-11,17H2,1-2H3. The molecule has 18 heavy (non-hydrogen) atoms. The average molecular weight is 251 g/mol. The Bertz CT molecular complexity index is 384. The van der Waals surface area contributed by atoms with Gasteiger partial charge in [-0.3, -0.25) is 4.79 Å². The van der Waals surface area contributed by atoms with Gasteiger partial charge < -0.3 is 5.73 Å². The first-order valence-electron chi connectivity index (χ1n) is 6.39. The average Bonchev–Trinajstić information content (AvgIpc) is 2.30. The number of ketones is 1. The van der Waals surface area contributed by atoms with Crippen molar-refractivity contribution in [3.05, 3.63) is 35.6 Å². The summed E-state index contributed by atoms with van der Waals surface area (Å²) >= 11 is 0. The highest BCUT2D eigenvalue weighted by Crippen LogP contribution is 2.26. The van der Waals surface area contributed by atoms with Gasteiger partial charge >= 0.3 is 0 Å². The van der Waals surface area contributed by atoms with Gasteiger partial charge in [0.15, 0.2) is 0 Å². The van der Waals surface area contributed by atoms with E-state index in [1.807, 2.05) is 0 Å². The number of halogens is 1. The zero-order chi connectivity index (χ0) is 13.6. The van der Waals surface area contributed by atoms with Crippen molar-refractivity contribution in [2.45, 2.75) is 39.5 Å². The van der Waals surface area contributed by atoms with Gasteiger partial charge in [-0.05, 0) is 42.5 Å². The number of carbonyl (C=O) groups is 1. The molecule has 1 aromatic rings. The first-order valence-corrected chi connectivity index (χ1v) is 6.39. The van der Waals surface area contributed by atoms with Crippen molar-refractivity contribution in [3.63, 3.8) is 0 Å². The van der Waals surface area contributed by atoms with E-state index >= 15 is 0 Å². The van der Waals surface area contributed by atoms with Gasteiger partial charge in [0.1, 0.15) is 11.6 Å². The molecule has 0 atom stereocenters. The molecule has 1 rings (SSSR count). The molecule has 0 aliphatic rings. The quantitative estimate of drug-likeness (QED) is 0.809. The number of nitrogens with two attached hydrogens (primary N) is 1. The van der Waals surface area contributed by atoms with Crippen molar-refractivity contribution in [1.29, 1.82) is 0 Å². The van der Waals surface area contributed by atoms with Gasteiger partial charge in [-0.2, -0.15) is 0 Å². The fourth-order valence-electron chi connectivity index (χ4n) is 1.91. The SMILES string of the molecule is CC(C)(CCN)CCC(=O)Cc1ccc(F)cc1. The summed E-state index contributed by atoms with van der Waals surface area (Å²) in [5, 5.41) is 0. The Morgan fingerprint density at radius 1 is 1.22 bits per heavy atom. The lowest BCUT2D eigenvalue weighted by Crippen LogP contribution is -2.18. The van der Waals surface area contributed by atoms with Crippen molar-refractivity contribution in [2.24, 2.45) is 11.1 Å². The summed E-state index contributed by atoms with van der Waals surface area (Å²) in [6, 6.07) is 6.11. The van der Waals surface area contributed by atoms with E-state index in [0.717, 1.165) is 18.4 Å². The van der Waals surface area contributed by atoms with Crippen molar-refractivity contribution in [1.82, 2.24) is 0 Å². The predicted molar refractivity (Wildman–Crippen MR) is 71.8 cm³/mol. The van der Waals surface area contributed by atoms with E-state index in [2.05, 4.69) is 13.8 Å². The van der Waals surface area contributed by atoms with Crippen LogP contribution in [0.25, 0.3) is 0 Å². The minimum absolute atomic E-state index is 0.118. The van der Waals surface area contributed by atoms with Crippen LogP contribution in [0.1, 0.15) is 38.7 Å². The molecule has 0 aliphatic carbocycles. The molecule has 2 N–H and O–H groups in total. The number of carbonyl (C=O) groups excluding carboxylic acids is 1. The highest BCUT2D eigenvalue weighted by molar-refractivity contribution is 5.80. The molecule has 0 aromatic heterocycles. The molecule has 1 aromatic carbocycles. The minimum Gasteiger partial charge on any atom is -0.330 e. The molecule has 0 fully saturated rings. The molecule has 2 nitrogen and oxygen atoms in total. The number of hydrogen-bond acceptors (Lipinski definition) is 2. The zero-order valence-electron chi connectivity index (χ0n) is 11.2. The first kappa shape index (κ1) is 14.8. The van der Waals surface area contributed by atoms with Crippen LogP contribution in [0.4, 0.5) is 4.39 Å². The molecule has 0 bridgehead atoms. The van der Waals surface area contributed by atoms with Gasteiger partial charge in [0.2, 0.25) is 0 Å². The van der Waals surface area contributed by atoms with Crippen molar-refractivity contribution in [3.8, 4) is 0 Å². The largest absolute Gasteiger partial charge is 0.330 e. The molecule has 0 saturated heterocycles. The van der Waals surface area contributed by atoms with Crippen LogP contribution in [0.2, 0.25) is 0 Å². The smallest absolute Gasteiger partial charge is 0.137 e. The maximum Gasteiger partial charge on any atom is 0.137 e. The Morgan fingerprint density at radius 2 is 1.83 bits per heavy atom. The Kier molecular flexibility index (Phi) is 5.48. The van der Waals surface area contributed by atoms with Crippen molar-refractivity contribution < 1.29 is 9.18 Å². The van der Waals surface area contributed by atoms with E-state index in [1.165, 1.54) is 12.1 Å². The summed E-state index contributed by atoms with van der Waals surface area (Å²) in [4.78, 5) is 11.8. The molecular weight excluding hydrogens is 229 g/mol. The first-order chi connectivity index (χ1) is 8.43. The normalized spacial score (nSPS) is 11.6. The van der Waals surface area contributed by atoms with Crippen LogP contribution in [0.5, 0.6) is 0 Å². The Labute approximate surface area is 108 Å². The number of hydrogen-bond donors (Lipinski definition) is 1. The summed E-state index contributed by atoms with van der Waals surface area (Å²) < 4.78 is 12.7. The van der Waals surface area contributed by atoms with Crippen LogP contribution in [-0.2, 0) is 11.2 Å². The third kappa shape index (κ3) is 5.41. The van der Waals surface area contributed by atoms with Crippen LogP contribution >= 0.6 is 0 Å². The van der Waals surface area contributed by atoms with E-state index in [0.29, 0.717) is 19.4 Å². The van der Waals surface area contributed by atoms with Crippen LogP contribution in [0, 0.1) is 11.2 Å². The van der Waals surface area contributed by atoms with Gasteiger partial charge in [-0.25, -0.2) is 4.39 Å². The fourth-order valence-corrected chi connectivity index (χ4v) is 1.91. The van der Waals surface area contributed by atoms with Crippen molar-refractivity contribution >= 4 is 5.78 Å². The van der Waals surface area contributed by atoms with Gasteiger partial charge in [0, 0.05) is 12.8 Å². The fraction of sp³-hybridized carbons (Fsp3) is 0.533. The van der Waals surface area contributed by atoms with E-state index in [4.69, 9.17) is 5.73 Å². The highest BCUT2D eigenvalue weighted by atomic mass is 19.1. The molecule has 0 unspecified atom stereocenters. The van der Waals surface area contributed by atoms with Crippen LogP contribution in [0.3, 0.4) is 0 Å². The summed E-state index contributed by atoms with van der Waals surface area (Å²) in [6.45, 7) is 4.91. The second-order valence-electron chi connectivity index (χ2n) is 5.54. The second kappa shape index (κ2) is 6.64. The predicted octanol–water partition coefficient (Wildman–Crippen LogP) is 3.09. The van der Waals surface area contributed by atoms with Gasteiger partial charge in [-0.15, -0.1) is 0 Å². The molecule has 0 aliphatic heterocycles. The monoisotopic (exact) mass is 251 g/mol. The molecular formula is C15H22FNO. The maximum absolute atomic E-state index is 12.7. The van der Waals surface area contributed by atoms with E-state index in [9.17, 15) is 9.18 Å². The third-order valence-corrected chi connectivity index (χ3v) is 3.22. The van der Waals surface area contributed by atoms with E-state index in [-0.39, 0.29) is 17.0 Å². The topological polar surface area (TPSA) is 43.1 Å². The van der Waals surface area contributed by atoms with Gasteiger partial charge in [0.05, 0.1) is 0 Å². The summed E-state index contributed by atoms with van der Waals surface area (Å²) in [5.41, 5.74) is 6.53. The number of Topliss-reactive ketones (excluding diaryl/α,β-unsaturated/α-hetero) is 1. The van der Waals surface area contributed by atoms with E-state index < -0.39 is 0 Å². The molecule has 0 heterocycles. The van der Waals surface area contributed by atoms with Crippen LogP contribution < -0.4 is 5.73 Å². The lowest BCUT2D eigenvalue weighted by atomic mass is 9.83. The molecule has 100 valence electrons. The van der Waals surface area contributed by atoms with Crippen LogP contribution in [-0.4, -0.2) is 12.3 Å². The summed E-state index contributed by atoms with van der Waals surface area (Å²) in [6.07, 6.45) is 2.73. The lowest BCUT2D eigenvalue weighted by molar-refractivity contribution is -0.119. The van der Waals surface area contributed by atoms with Crippen molar-refractivity contribution in [2.75, 3.05) is 6.54 Å². The van der Waals surface area contributed by atoms with Gasteiger partial charge in [-0.1, -0.05) is 26.0 Å². The lowest BCUT2D eigenvalue weighted by Gasteiger charge is -2.23. The van der Waals surface area contributed by atoms with Crippen LogP contribution in [0.15, 0.2) is 24.3 Å². The molecule has 0 saturated carbocycles. The number of rotatable bonds is 7. The third-order valence-electron chi connectivity index (χ3n) is 3.22. The Balaban J connectivity index is 2.40. The maximum atomic E-state index is 12.7. The van der Waals surface area contributed by atoms with Gasteiger partial charge in [0.25, 0.3) is 0 Å². The zero-order valence-corrected chi connectivity index (χ0v) is 11.2. The minimum atomic E-state index is -0.268. The molecule has 0 spiro atoms. The summed E-state index contributed by atoms with van der Waals surface area (Å²) in [7, 11) is 0. The Hall–Kier alpha value is -1.22. The molecule has 3 heteroatoms. The number of benzene rings is 1.